The van der Waals surface area contributed by atoms with Gasteiger partial charge in [-0.2, -0.15) is 0 Å². The van der Waals surface area contributed by atoms with E-state index in [1.165, 1.54) is 18.0 Å². The van der Waals surface area contributed by atoms with Crippen molar-refractivity contribution < 1.29 is 9.53 Å². The van der Waals surface area contributed by atoms with Gasteiger partial charge in [-0.1, -0.05) is 29.8 Å². The number of nitrogens with zero attached hydrogens (tertiary/aromatic N) is 5. The number of rotatable bonds is 7. The van der Waals surface area contributed by atoms with Gasteiger partial charge in [0.2, 0.25) is 5.95 Å². The van der Waals surface area contributed by atoms with Crippen LogP contribution >= 0.6 is 11.6 Å². The molecule has 34 heavy (non-hydrogen) atoms. The van der Waals surface area contributed by atoms with Crippen molar-refractivity contribution in [3.63, 3.8) is 0 Å². The maximum atomic E-state index is 11.2. The number of carbonyl (C=O) groups excluding carboxylic acids is 1. The highest BCUT2D eigenvalue weighted by Gasteiger charge is 2.29. The zero-order valence-electron chi connectivity index (χ0n) is 18.6. The molecule has 0 bridgehead atoms. The van der Waals surface area contributed by atoms with Gasteiger partial charge in [-0.05, 0) is 47.7 Å². The van der Waals surface area contributed by atoms with Crippen molar-refractivity contribution in [2.75, 3.05) is 18.4 Å². The number of hydrogen-bond donors (Lipinski definition) is 2. The summed E-state index contributed by atoms with van der Waals surface area (Å²) in [5, 5.41) is 3.87. The number of likely N-dealkylation sites (tertiary alicyclic amines) is 1. The van der Waals surface area contributed by atoms with Crippen molar-refractivity contribution in [2.24, 2.45) is 18.7 Å². The number of nitrogens with two attached hydrogens (primary N) is 1. The van der Waals surface area contributed by atoms with Crippen LogP contribution in [0.3, 0.4) is 0 Å². The molecule has 0 atom stereocenters. The van der Waals surface area contributed by atoms with Crippen LogP contribution in [0.25, 0.3) is 11.0 Å². The summed E-state index contributed by atoms with van der Waals surface area (Å²) >= 11 is 5.80. The monoisotopic (exact) mass is 477 g/mol. The van der Waals surface area contributed by atoms with Crippen molar-refractivity contribution in [2.45, 2.75) is 13.0 Å². The Morgan fingerprint density at radius 2 is 1.85 bits per heavy atom. The quantitative estimate of drug-likeness (QED) is 0.416. The molecular formula is C24H24ClN7O2. The minimum atomic E-state index is -0.341. The molecule has 2 aromatic heterocycles. The second-order valence-corrected chi connectivity index (χ2v) is 8.85. The van der Waals surface area contributed by atoms with Crippen molar-refractivity contribution in [1.82, 2.24) is 24.4 Å². The minimum Gasteiger partial charge on any atom is -0.424 e. The first kappa shape index (κ1) is 22.0. The Morgan fingerprint density at radius 1 is 1.15 bits per heavy atom. The summed E-state index contributed by atoms with van der Waals surface area (Å²) in [6.45, 7) is 2.07. The van der Waals surface area contributed by atoms with E-state index in [1.54, 1.807) is 4.90 Å². The molecule has 0 unspecified atom stereocenters. The number of amides is 2. The van der Waals surface area contributed by atoms with Crippen LogP contribution in [0.4, 0.5) is 10.7 Å². The Labute approximate surface area is 201 Å². The predicted molar refractivity (Wildman–Crippen MR) is 130 cm³/mol. The lowest BCUT2D eigenvalue weighted by atomic mass is 9.92. The summed E-state index contributed by atoms with van der Waals surface area (Å²) in [6, 6.07) is 13.9. The molecule has 1 aliphatic heterocycles. The van der Waals surface area contributed by atoms with Gasteiger partial charge in [-0.15, -0.1) is 0 Å². The number of primary amides is 1. The summed E-state index contributed by atoms with van der Waals surface area (Å²) in [4.78, 5) is 25.6. The lowest BCUT2D eigenvalue weighted by Crippen LogP contribution is -2.52. The summed E-state index contributed by atoms with van der Waals surface area (Å²) in [7, 11) is 2.00. The van der Waals surface area contributed by atoms with E-state index < -0.39 is 0 Å². The van der Waals surface area contributed by atoms with Crippen molar-refractivity contribution in [3.05, 3.63) is 71.0 Å². The van der Waals surface area contributed by atoms with Gasteiger partial charge in [-0.25, -0.2) is 19.7 Å². The van der Waals surface area contributed by atoms with Gasteiger partial charge in [0.1, 0.15) is 5.75 Å². The average Bonchev–Trinajstić information content (AvgIpc) is 3.12. The van der Waals surface area contributed by atoms with Crippen molar-refractivity contribution in [1.29, 1.82) is 0 Å². The third-order valence-corrected chi connectivity index (χ3v) is 6.11. The molecular weight excluding hydrogens is 454 g/mol. The van der Waals surface area contributed by atoms with Gasteiger partial charge in [-0.3, -0.25) is 0 Å². The zero-order valence-corrected chi connectivity index (χ0v) is 19.4. The van der Waals surface area contributed by atoms with Gasteiger partial charge < -0.3 is 25.3 Å². The van der Waals surface area contributed by atoms with Gasteiger partial charge in [0.05, 0.1) is 28.4 Å². The number of aryl methyl sites for hydroxylation is 1. The number of fused-ring (bicyclic) bond motifs is 1. The van der Waals surface area contributed by atoms with Crippen LogP contribution in [-0.2, 0) is 20.0 Å². The van der Waals surface area contributed by atoms with Crippen LogP contribution in [0.5, 0.6) is 11.8 Å². The summed E-state index contributed by atoms with van der Waals surface area (Å²) in [6.07, 6.45) is 3.91. The molecule has 5 rings (SSSR count). The van der Waals surface area contributed by atoms with Crippen LogP contribution < -0.4 is 15.8 Å². The molecule has 2 aromatic carbocycles. The standard InChI is InChI=1S/C24H24ClN7O2/c1-31-21-9-16(8-17-13-32(14-17)22(26)33)4-7-20(21)30-23(31)27-10-15-2-5-19(6-3-15)34-24-28-11-18(25)12-29-24/h2-7,9,11-12,17H,8,10,13-14H2,1H3,(H2,26,33)(H,27,30). The Hall–Kier alpha value is -3.85. The topological polar surface area (TPSA) is 111 Å². The number of hydrogen-bond acceptors (Lipinski definition) is 6. The van der Waals surface area contributed by atoms with Gasteiger partial charge in [0, 0.05) is 26.7 Å². The number of halogens is 1. The van der Waals surface area contributed by atoms with Crippen molar-refractivity contribution in [3.8, 4) is 11.8 Å². The molecule has 1 fully saturated rings. The molecule has 1 aliphatic rings. The van der Waals surface area contributed by atoms with E-state index in [0.29, 0.717) is 23.2 Å². The molecule has 9 nitrogen and oxygen atoms in total. The molecule has 10 heteroatoms. The average molecular weight is 478 g/mol. The van der Waals surface area contributed by atoms with E-state index in [-0.39, 0.29) is 12.0 Å². The molecule has 1 saturated heterocycles. The fourth-order valence-electron chi connectivity index (χ4n) is 4.05. The van der Waals surface area contributed by atoms with E-state index in [4.69, 9.17) is 27.1 Å². The van der Waals surface area contributed by atoms with Crippen LogP contribution in [0.2, 0.25) is 5.02 Å². The Bertz CT molecular complexity index is 1320. The Balaban J connectivity index is 1.20. The number of aromatic nitrogens is 4. The van der Waals surface area contributed by atoms with Gasteiger partial charge >= 0.3 is 12.0 Å². The Kier molecular flexibility index (Phi) is 5.93. The number of benzene rings is 2. The third-order valence-electron chi connectivity index (χ3n) is 5.92. The highest BCUT2D eigenvalue weighted by Crippen LogP contribution is 2.25. The number of anilines is 1. The predicted octanol–water partition coefficient (Wildman–Crippen LogP) is 3.97. The molecule has 0 radical (unpaired) electrons. The smallest absolute Gasteiger partial charge is 0.321 e. The maximum Gasteiger partial charge on any atom is 0.321 e. The number of urea groups is 1. The lowest BCUT2D eigenvalue weighted by Gasteiger charge is -2.38. The first-order chi connectivity index (χ1) is 16.4. The Morgan fingerprint density at radius 3 is 2.56 bits per heavy atom. The van der Waals surface area contributed by atoms with Crippen LogP contribution in [0, 0.1) is 5.92 Å². The van der Waals surface area contributed by atoms with Crippen molar-refractivity contribution >= 4 is 34.6 Å². The van der Waals surface area contributed by atoms with Gasteiger partial charge in [0.25, 0.3) is 0 Å². The summed E-state index contributed by atoms with van der Waals surface area (Å²) < 4.78 is 7.70. The fraction of sp³-hybridized carbons (Fsp3) is 0.250. The van der Waals surface area contributed by atoms with Crippen LogP contribution in [-0.4, -0.2) is 43.5 Å². The zero-order chi connectivity index (χ0) is 23.7. The number of nitrogens with one attached hydrogen (secondary N) is 1. The van der Waals surface area contributed by atoms with E-state index in [1.807, 2.05) is 37.4 Å². The molecule has 174 valence electrons. The fourth-order valence-corrected chi connectivity index (χ4v) is 4.15. The van der Waals surface area contributed by atoms with Crippen LogP contribution in [0.15, 0.2) is 54.9 Å². The second-order valence-electron chi connectivity index (χ2n) is 8.41. The molecule has 0 spiro atoms. The molecule has 3 heterocycles. The first-order valence-corrected chi connectivity index (χ1v) is 11.3. The van der Waals surface area contributed by atoms with E-state index >= 15 is 0 Å². The maximum absolute atomic E-state index is 11.2. The molecule has 0 aliphatic carbocycles. The SMILES string of the molecule is Cn1c(NCc2ccc(Oc3ncc(Cl)cn3)cc2)nc2ccc(CC3CN(C(N)=O)C3)cc21. The molecule has 2 amide bonds. The molecule has 0 saturated carbocycles. The first-order valence-electron chi connectivity index (χ1n) is 10.9. The van der Waals surface area contributed by atoms with E-state index in [0.717, 1.165) is 42.1 Å². The highest BCUT2D eigenvalue weighted by atomic mass is 35.5. The number of imidazole rings is 1. The van der Waals surface area contributed by atoms with E-state index in [2.05, 4.69) is 32.0 Å². The number of ether oxygens (including phenoxy) is 1. The molecule has 3 N–H and O–H groups in total. The normalized spacial score (nSPS) is 13.6. The minimum absolute atomic E-state index is 0.247. The molecule has 4 aromatic rings. The van der Waals surface area contributed by atoms with Crippen LogP contribution in [0.1, 0.15) is 11.1 Å². The summed E-state index contributed by atoms with van der Waals surface area (Å²) in [5.74, 6) is 1.89. The number of carbonyl (C=O) groups is 1. The highest BCUT2D eigenvalue weighted by molar-refractivity contribution is 6.30. The summed E-state index contributed by atoms with van der Waals surface area (Å²) in [5.41, 5.74) is 9.64. The van der Waals surface area contributed by atoms with E-state index in [9.17, 15) is 4.79 Å². The van der Waals surface area contributed by atoms with Gasteiger partial charge in [0.15, 0.2) is 0 Å². The lowest BCUT2D eigenvalue weighted by molar-refractivity contribution is 0.128. The largest absolute Gasteiger partial charge is 0.424 e. The second kappa shape index (κ2) is 9.18. The third kappa shape index (κ3) is 4.74.